The molecule has 7 heteroatoms. The topological polar surface area (TPSA) is 121 Å². The Hall–Kier alpha value is -2.67. The Kier molecular flexibility index (Phi) is 5.26. The summed E-state index contributed by atoms with van der Waals surface area (Å²) in [5, 5.41) is 11.7. The molecule has 0 saturated carbocycles. The van der Waals surface area contributed by atoms with Gasteiger partial charge < -0.3 is 21.1 Å². The summed E-state index contributed by atoms with van der Waals surface area (Å²) in [7, 11) is 0. The standard InChI is InChI=1S/C15H18N4O3/c16-12(10-4-2-1-3-5-10)7-14(20)19-13(15(21)22)6-11-8-17-9-18-11/h1-5,8-9,12-13H,6-7,16H2,(H,17,18)(H,19,20)(H,21,22)/t12?,13-/m1/s1. The Morgan fingerprint density at radius 3 is 2.64 bits per heavy atom. The van der Waals surface area contributed by atoms with Crippen molar-refractivity contribution in [1.82, 2.24) is 15.3 Å². The van der Waals surface area contributed by atoms with E-state index in [0.29, 0.717) is 5.69 Å². The molecule has 116 valence electrons. The van der Waals surface area contributed by atoms with E-state index in [1.165, 1.54) is 6.33 Å². The Balaban J connectivity index is 1.92. The Morgan fingerprint density at radius 1 is 1.32 bits per heavy atom. The summed E-state index contributed by atoms with van der Waals surface area (Å²) in [5.74, 6) is -1.51. The van der Waals surface area contributed by atoms with Crippen LogP contribution in [0, 0.1) is 0 Å². The van der Waals surface area contributed by atoms with Crippen LogP contribution in [-0.4, -0.2) is 33.0 Å². The van der Waals surface area contributed by atoms with Crippen LogP contribution in [0.1, 0.15) is 23.7 Å². The quantitative estimate of drug-likeness (QED) is 0.597. The number of carbonyl (C=O) groups excluding carboxylic acids is 1. The fourth-order valence-corrected chi connectivity index (χ4v) is 2.08. The molecular weight excluding hydrogens is 284 g/mol. The van der Waals surface area contributed by atoms with Gasteiger partial charge in [0.15, 0.2) is 0 Å². The average molecular weight is 302 g/mol. The molecule has 7 nitrogen and oxygen atoms in total. The van der Waals surface area contributed by atoms with Crippen molar-refractivity contribution in [2.24, 2.45) is 5.73 Å². The molecule has 2 atom stereocenters. The molecule has 2 rings (SSSR count). The fraction of sp³-hybridized carbons (Fsp3) is 0.267. The summed E-state index contributed by atoms with van der Waals surface area (Å²) in [5.41, 5.74) is 7.36. The lowest BCUT2D eigenvalue weighted by Crippen LogP contribution is -2.43. The zero-order chi connectivity index (χ0) is 15.9. The van der Waals surface area contributed by atoms with Crippen LogP contribution in [0.2, 0.25) is 0 Å². The number of nitrogens with one attached hydrogen (secondary N) is 2. The number of aromatic amines is 1. The number of benzene rings is 1. The third-order valence-electron chi connectivity index (χ3n) is 3.23. The highest BCUT2D eigenvalue weighted by Crippen LogP contribution is 2.13. The van der Waals surface area contributed by atoms with Crippen molar-refractivity contribution < 1.29 is 14.7 Å². The maximum Gasteiger partial charge on any atom is 0.326 e. The van der Waals surface area contributed by atoms with Gasteiger partial charge in [-0.05, 0) is 5.56 Å². The average Bonchev–Trinajstić information content (AvgIpc) is 3.00. The summed E-state index contributed by atoms with van der Waals surface area (Å²) >= 11 is 0. The summed E-state index contributed by atoms with van der Waals surface area (Å²) < 4.78 is 0. The van der Waals surface area contributed by atoms with Gasteiger partial charge in [0, 0.05) is 25.1 Å². The van der Waals surface area contributed by atoms with Gasteiger partial charge in [-0.1, -0.05) is 30.3 Å². The van der Waals surface area contributed by atoms with Crippen LogP contribution in [-0.2, 0) is 16.0 Å². The predicted molar refractivity (Wildman–Crippen MR) is 79.8 cm³/mol. The van der Waals surface area contributed by atoms with Crippen molar-refractivity contribution in [2.45, 2.75) is 24.9 Å². The van der Waals surface area contributed by atoms with Crippen molar-refractivity contribution >= 4 is 11.9 Å². The Bertz CT molecular complexity index is 613. The smallest absolute Gasteiger partial charge is 0.326 e. The first-order valence-corrected chi connectivity index (χ1v) is 6.86. The highest BCUT2D eigenvalue weighted by Gasteiger charge is 2.22. The maximum absolute atomic E-state index is 12.0. The summed E-state index contributed by atoms with van der Waals surface area (Å²) in [4.78, 5) is 29.9. The van der Waals surface area contributed by atoms with E-state index < -0.39 is 24.0 Å². The summed E-state index contributed by atoms with van der Waals surface area (Å²) in [6, 6.07) is 7.70. The lowest BCUT2D eigenvalue weighted by molar-refractivity contribution is -0.141. The molecule has 1 aromatic heterocycles. The van der Waals surface area contributed by atoms with Gasteiger partial charge in [-0.3, -0.25) is 4.79 Å². The molecule has 0 aliphatic rings. The first-order valence-electron chi connectivity index (χ1n) is 6.86. The molecule has 0 aliphatic carbocycles. The first kappa shape index (κ1) is 15.7. The molecule has 1 heterocycles. The van der Waals surface area contributed by atoms with Crippen LogP contribution in [0.3, 0.4) is 0 Å². The van der Waals surface area contributed by atoms with E-state index in [0.717, 1.165) is 5.56 Å². The number of aromatic nitrogens is 2. The number of imidazole rings is 1. The second kappa shape index (κ2) is 7.37. The number of rotatable bonds is 7. The van der Waals surface area contributed by atoms with Crippen LogP contribution < -0.4 is 11.1 Å². The van der Waals surface area contributed by atoms with Crippen LogP contribution in [0.4, 0.5) is 0 Å². The minimum absolute atomic E-state index is 0.0222. The van der Waals surface area contributed by atoms with Gasteiger partial charge in [0.05, 0.1) is 12.0 Å². The number of hydrogen-bond donors (Lipinski definition) is 4. The predicted octanol–water partition coefficient (Wildman–Crippen LogP) is 0.612. The molecule has 0 spiro atoms. The molecule has 0 aliphatic heterocycles. The number of carboxylic acids is 1. The number of carboxylic acid groups (broad SMARTS) is 1. The highest BCUT2D eigenvalue weighted by molar-refractivity contribution is 5.84. The van der Waals surface area contributed by atoms with Crippen molar-refractivity contribution in [3.05, 3.63) is 54.1 Å². The first-order chi connectivity index (χ1) is 10.6. The molecule has 0 bridgehead atoms. The number of amides is 1. The molecule has 1 aromatic carbocycles. The third-order valence-corrected chi connectivity index (χ3v) is 3.23. The van der Waals surface area contributed by atoms with Gasteiger partial charge in [0.25, 0.3) is 0 Å². The SMILES string of the molecule is NC(CC(=O)N[C@H](Cc1c[nH]cn1)C(=O)O)c1ccccc1. The molecule has 0 fully saturated rings. The Labute approximate surface area is 127 Å². The van der Waals surface area contributed by atoms with E-state index in [1.54, 1.807) is 6.20 Å². The van der Waals surface area contributed by atoms with Gasteiger partial charge in [0.2, 0.25) is 5.91 Å². The molecule has 1 amide bonds. The molecule has 0 radical (unpaired) electrons. The zero-order valence-electron chi connectivity index (χ0n) is 11.9. The molecule has 1 unspecified atom stereocenters. The van der Waals surface area contributed by atoms with E-state index in [4.69, 9.17) is 5.73 Å². The van der Waals surface area contributed by atoms with Crippen LogP contribution in [0.15, 0.2) is 42.9 Å². The van der Waals surface area contributed by atoms with Gasteiger partial charge in [-0.25, -0.2) is 9.78 Å². The minimum atomic E-state index is -1.11. The summed E-state index contributed by atoms with van der Waals surface area (Å²) in [6.45, 7) is 0. The summed E-state index contributed by atoms with van der Waals surface area (Å²) in [6.07, 6.45) is 3.19. The van der Waals surface area contributed by atoms with E-state index in [9.17, 15) is 14.7 Å². The third kappa shape index (κ3) is 4.42. The van der Waals surface area contributed by atoms with Gasteiger partial charge in [0.1, 0.15) is 6.04 Å². The number of nitrogens with zero attached hydrogens (tertiary/aromatic N) is 1. The van der Waals surface area contributed by atoms with E-state index in [1.807, 2.05) is 30.3 Å². The zero-order valence-corrected chi connectivity index (χ0v) is 11.9. The van der Waals surface area contributed by atoms with Crippen molar-refractivity contribution in [3.63, 3.8) is 0 Å². The monoisotopic (exact) mass is 302 g/mol. The van der Waals surface area contributed by atoms with Gasteiger partial charge >= 0.3 is 5.97 Å². The fourth-order valence-electron chi connectivity index (χ4n) is 2.08. The number of hydrogen-bond acceptors (Lipinski definition) is 4. The second-order valence-corrected chi connectivity index (χ2v) is 4.94. The van der Waals surface area contributed by atoms with Crippen molar-refractivity contribution in [3.8, 4) is 0 Å². The highest BCUT2D eigenvalue weighted by atomic mass is 16.4. The van der Waals surface area contributed by atoms with Crippen molar-refractivity contribution in [1.29, 1.82) is 0 Å². The molecular formula is C15H18N4O3. The van der Waals surface area contributed by atoms with E-state index in [2.05, 4.69) is 15.3 Å². The number of H-pyrrole nitrogens is 1. The van der Waals surface area contributed by atoms with Crippen molar-refractivity contribution in [2.75, 3.05) is 0 Å². The Morgan fingerprint density at radius 2 is 2.05 bits per heavy atom. The van der Waals surface area contributed by atoms with Crippen LogP contribution >= 0.6 is 0 Å². The number of nitrogens with two attached hydrogens (primary N) is 1. The molecule has 22 heavy (non-hydrogen) atoms. The lowest BCUT2D eigenvalue weighted by atomic mass is 10.0. The maximum atomic E-state index is 12.0. The van der Waals surface area contributed by atoms with Gasteiger partial charge in [-0.15, -0.1) is 0 Å². The minimum Gasteiger partial charge on any atom is -0.480 e. The lowest BCUT2D eigenvalue weighted by Gasteiger charge is -2.16. The second-order valence-electron chi connectivity index (χ2n) is 4.94. The number of aliphatic carboxylic acids is 1. The molecule has 0 saturated heterocycles. The normalized spacial score (nSPS) is 13.3. The van der Waals surface area contributed by atoms with E-state index in [-0.39, 0.29) is 12.8 Å². The number of carbonyl (C=O) groups is 2. The molecule has 5 N–H and O–H groups in total. The van der Waals surface area contributed by atoms with E-state index >= 15 is 0 Å². The molecule has 2 aromatic rings. The van der Waals surface area contributed by atoms with Crippen LogP contribution in [0.5, 0.6) is 0 Å². The largest absolute Gasteiger partial charge is 0.480 e. The van der Waals surface area contributed by atoms with Gasteiger partial charge in [-0.2, -0.15) is 0 Å². The van der Waals surface area contributed by atoms with Crippen LogP contribution in [0.25, 0.3) is 0 Å².